The molecular formula is C22H33N3O3. The standard InChI is InChI=1S/C22H33N3O3/c1-23(2)22(27)16-24-13-18-7-10-19(15-24)25(14-18)21(26)6-4-5-17-8-11-20(28-3)12-9-17/h8-9,11-12,18-19H,4-7,10,13-16H2,1-3H3/t18-,19+/m0/s1. The summed E-state index contributed by atoms with van der Waals surface area (Å²) in [4.78, 5) is 31.0. The number of ether oxygens (including phenoxy) is 1. The van der Waals surface area contributed by atoms with Gasteiger partial charge in [0.05, 0.1) is 13.7 Å². The van der Waals surface area contributed by atoms with Crippen LogP contribution >= 0.6 is 0 Å². The summed E-state index contributed by atoms with van der Waals surface area (Å²) in [7, 11) is 5.26. The number of benzene rings is 1. The maximum atomic E-state index is 12.9. The second kappa shape index (κ2) is 9.41. The molecule has 6 nitrogen and oxygen atoms in total. The molecule has 28 heavy (non-hydrogen) atoms. The van der Waals surface area contributed by atoms with Gasteiger partial charge in [0.15, 0.2) is 0 Å². The molecule has 154 valence electrons. The zero-order chi connectivity index (χ0) is 20.1. The van der Waals surface area contributed by atoms with E-state index in [9.17, 15) is 9.59 Å². The van der Waals surface area contributed by atoms with Gasteiger partial charge in [0.1, 0.15) is 5.75 Å². The van der Waals surface area contributed by atoms with Crippen LogP contribution in [0.15, 0.2) is 24.3 Å². The van der Waals surface area contributed by atoms with Gasteiger partial charge in [0.2, 0.25) is 11.8 Å². The number of piperidine rings is 1. The maximum Gasteiger partial charge on any atom is 0.236 e. The third-order valence-corrected chi connectivity index (χ3v) is 5.98. The molecule has 0 saturated carbocycles. The van der Waals surface area contributed by atoms with Gasteiger partial charge in [-0.2, -0.15) is 0 Å². The topological polar surface area (TPSA) is 53.1 Å². The Morgan fingerprint density at radius 1 is 1.11 bits per heavy atom. The molecule has 1 aromatic carbocycles. The number of nitrogens with zero attached hydrogens (tertiary/aromatic N) is 3. The quantitative estimate of drug-likeness (QED) is 0.718. The Labute approximate surface area is 168 Å². The van der Waals surface area contributed by atoms with Crippen LogP contribution in [0.4, 0.5) is 0 Å². The second-order valence-electron chi connectivity index (χ2n) is 8.33. The summed E-state index contributed by atoms with van der Waals surface area (Å²) in [5.41, 5.74) is 1.24. The van der Waals surface area contributed by atoms with Crippen LogP contribution < -0.4 is 4.74 Å². The van der Waals surface area contributed by atoms with Crippen LogP contribution in [0, 0.1) is 5.92 Å². The number of amides is 2. The van der Waals surface area contributed by atoms with Gasteiger partial charge in [-0.15, -0.1) is 0 Å². The highest BCUT2D eigenvalue weighted by Crippen LogP contribution is 2.28. The summed E-state index contributed by atoms with van der Waals surface area (Å²) >= 11 is 0. The summed E-state index contributed by atoms with van der Waals surface area (Å²) in [5, 5.41) is 0. The summed E-state index contributed by atoms with van der Waals surface area (Å²) in [6.07, 6.45) is 4.57. The lowest BCUT2D eigenvalue weighted by Gasteiger charge is -2.36. The molecule has 1 aromatic rings. The normalized spacial score (nSPS) is 22.0. The van der Waals surface area contributed by atoms with Gasteiger partial charge in [-0.1, -0.05) is 12.1 Å². The highest BCUT2D eigenvalue weighted by molar-refractivity contribution is 5.78. The number of aryl methyl sites for hydroxylation is 1. The van der Waals surface area contributed by atoms with Gasteiger partial charge in [-0.3, -0.25) is 14.5 Å². The highest BCUT2D eigenvalue weighted by atomic mass is 16.5. The number of fused-ring (bicyclic) bond motifs is 4. The van der Waals surface area contributed by atoms with Crippen LogP contribution in [-0.4, -0.2) is 79.9 Å². The zero-order valence-corrected chi connectivity index (χ0v) is 17.4. The minimum absolute atomic E-state index is 0.138. The van der Waals surface area contributed by atoms with Crippen molar-refractivity contribution in [1.29, 1.82) is 0 Å². The Hall–Kier alpha value is -2.08. The second-order valence-corrected chi connectivity index (χ2v) is 8.33. The fourth-order valence-electron chi connectivity index (χ4n) is 4.33. The predicted molar refractivity (Wildman–Crippen MR) is 109 cm³/mol. The van der Waals surface area contributed by atoms with Crippen LogP contribution in [0.2, 0.25) is 0 Å². The minimum Gasteiger partial charge on any atom is -0.497 e. The van der Waals surface area contributed by atoms with E-state index in [0.717, 1.165) is 51.1 Å². The Kier molecular flexibility index (Phi) is 6.94. The van der Waals surface area contributed by atoms with E-state index in [0.29, 0.717) is 18.9 Å². The molecule has 3 heterocycles. The number of rotatable bonds is 7. The first-order valence-electron chi connectivity index (χ1n) is 10.3. The lowest BCUT2D eigenvalue weighted by atomic mass is 9.94. The third kappa shape index (κ3) is 5.25. The molecule has 2 amide bonds. The van der Waals surface area contributed by atoms with E-state index in [2.05, 4.69) is 21.9 Å². The summed E-state index contributed by atoms with van der Waals surface area (Å²) < 4.78 is 5.19. The maximum absolute atomic E-state index is 12.9. The van der Waals surface area contributed by atoms with Crippen molar-refractivity contribution >= 4 is 11.8 Å². The van der Waals surface area contributed by atoms with Crippen molar-refractivity contribution in [2.75, 3.05) is 47.4 Å². The van der Waals surface area contributed by atoms with Gasteiger partial charge in [0, 0.05) is 46.2 Å². The smallest absolute Gasteiger partial charge is 0.236 e. The molecule has 3 aliphatic rings. The van der Waals surface area contributed by atoms with Crippen molar-refractivity contribution in [2.45, 2.75) is 38.1 Å². The summed E-state index contributed by atoms with van der Waals surface area (Å²) in [6, 6.07) is 8.32. The molecule has 3 saturated heterocycles. The number of hydrogen-bond acceptors (Lipinski definition) is 4. The molecule has 0 spiro atoms. The van der Waals surface area contributed by atoms with Crippen LogP contribution in [0.1, 0.15) is 31.2 Å². The molecule has 4 rings (SSSR count). The zero-order valence-electron chi connectivity index (χ0n) is 17.4. The fraction of sp³-hybridized carbons (Fsp3) is 0.636. The molecule has 6 heteroatoms. The molecule has 3 fully saturated rings. The van der Waals surface area contributed by atoms with Crippen molar-refractivity contribution in [3.05, 3.63) is 29.8 Å². The molecule has 0 radical (unpaired) electrons. The molecule has 2 atom stereocenters. The van der Waals surface area contributed by atoms with Crippen molar-refractivity contribution in [3.8, 4) is 5.75 Å². The van der Waals surface area contributed by atoms with Crippen molar-refractivity contribution in [1.82, 2.24) is 14.7 Å². The Bertz CT molecular complexity index is 674. The Balaban J connectivity index is 1.50. The van der Waals surface area contributed by atoms with Crippen molar-refractivity contribution in [3.63, 3.8) is 0 Å². The molecule has 0 unspecified atom stereocenters. The Morgan fingerprint density at radius 3 is 2.54 bits per heavy atom. The first-order valence-corrected chi connectivity index (χ1v) is 10.3. The van der Waals surface area contributed by atoms with Gasteiger partial charge in [0.25, 0.3) is 0 Å². The number of methoxy groups -OCH3 is 1. The number of carbonyl (C=O) groups excluding carboxylic acids is 2. The number of likely N-dealkylation sites (N-methyl/N-ethyl adjacent to an activating group) is 1. The molecular weight excluding hydrogens is 354 g/mol. The van der Waals surface area contributed by atoms with E-state index in [-0.39, 0.29) is 17.9 Å². The lowest BCUT2D eigenvalue weighted by Crippen LogP contribution is -2.47. The lowest BCUT2D eigenvalue weighted by molar-refractivity contribution is -0.135. The van der Waals surface area contributed by atoms with E-state index in [1.807, 2.05) is 12.1 Å². The molecule has 2 bridgehead atoms. The first kappa shape index (κ1) is 20.6. The van der Waals surface area contributed by atoms with Crippen molar-refractivity contribution < 1.29 is 14.3 Å². The van der Waals surface area contributed by atoms with Gasteiger partial charge >= 0.3 is 0 Å². The summed E-state index contributed by atoms with van der Waals surface area (Å²) in [6.45, 7) is 3.05. The van der Waals surface area contributed by atoms with Crippen LogP contribution in [0.3, 0.4) is 0 Å². The van der Waals surface area contributed by atoms with E-state index >= 15 is 0 Å². The SMILES string of the molecule is COc1ccc(CCCC(=O)N2C[C@H]3CC[C@@H]2CN(CC(=O)N(C)C)C3)cc1. The van der Waals surface area contributed by atoms with E-state index in [1.54, 1.807) is 26.1 Å². The fourth-order valence-corrected chi connectivity index (χ4v) is 4.33. The first-order chi connectivity index (χ1) is 13.5. The van der Waals surface area contributed by atoms with E-state index in [4.69, 9.17) is 4.74 Å². The predicted octanol–water partition coefficient (Wildman–Crippen LogP) is 2.03. The summed E-state index contributed by atoms with van der Waals surface area (Å²) in [5.74, 6) is 1.75. The molecule has 0 aromatic heterocycles. The number of hydrogen-bond donors (Lipinski definition) is 0. The van der Waals surface area contributed by atoms with Crippen LogP contribution in [0.5, 0.6) is 5.75 Å². The van der Waals surface area contributed by atoms with E-state index < -0.39 is 0 Å². The third-order valence-electron chi connectivity index (χ3n) is 5.98. The van der Waals surface area contributed by atoms with Gasteiger partial charge in [-0.05, 0) is 49.3 Å². The van der Waals surface area contributed by atoms with Gasteiger partial charge in [-0.25, -0.2) is 0 Å². The van der Waals surface area contributed by atoms with E-state index in [1.165, 1.54) is 5.56 Å². The number of carbonyl (C=O) groups is 2. The monoisotopic (exact) mass is 387 g/mol. The van der Waals surface area contributed by atoms with Gasteiger partial charge < -0.3 is 14.5 Å². The molecule has 0 N–H and O–H groups in total. The van der Waals surface area contributed by atoms with Crippen LogP contribution in [0.25, 0.3) is 0 Å². The average molecular weight is 388 g/mol. The average Bonchev–Trinajstić information content (AvgIpc) is 2.99. The van der Waals surface area contributed by atoms with Crippen molar-refractivity contribution in [2.24, 2.45) is 5.92 Å². The Morgan fingerprint density at radius 2 is 1.86 bits per heavy atom. The van der Waals surface area contributed by atoms with Crippen LogP contribution in [-0.2, 0) is 16.0 Å². The minimum atomic E-state index is 0.138. The molecule has 3 aliphatic heterocycles. The molecule has 0 aliphatic carbocycles. The highest BCUT2D eigenvalue weighted by Gasteiger charge is 2.37. The largest absolute Gasteiger partial charge is 0.497 e.